The molecule has 1 aromatic heterocycles. The van der Waals surface area contributed by atoms with Crippen molar-refractivity contribution >= 4 is 35.0 Å². The Kier molecular flexibility index (Phi) is 4.24. The number of anilines is 2. The first-order chi connectivity index (χ1) is 13.9. The number of hydrogen-bond donors (Lipinski definition) is 1. The summed E-state index contributed by atoms with van der Waals surface area (Å²) in [6.07, 6.45) is 4.66. The zero-order valence-corrected chi connectivity index (χ0v) is 17.7. The monoisotopic (exact) mass is 411 g/mol. The molecule has 2 aromatic rings. The number of nitrogens with zero attached hydrogens (tertiary/aromatic N) is 4. The van der Waals surface area contributed by atoms with Crippen molar-refractivity contribution in [2.24, 2.45) is 0 Å². The van der Waals surface area contributed by atoms with Crippen molar-refractivity contribution in [3.05, 3.63) is 30.1 Å². The Morgan fingerprint density at radius 2 is 1.93 bits per heavy atom. The molecule has 0 spiro atoms. The van der Waals surface area contributed by atoms with E-state index in [1.54, 1.807) is 18.7 Å². The highest BCUT2D eigenvalue weighted by atomic mass is 32.2. The second-order valence-corrected chi connectivity index (χ2v) is 9.99. The number of aromatic nitrogens is 3. The molecule has 1 N–H and O–H groups in total. The minimum atomic E-state index is -0.969. The van der Waals surface area contributed by atoms with Crippen LogP contribution in [0.2, 0.25) is 0 Å². The average molecular weight is 412 g/mol. The molecule has 152 valence electrons. The van der Waals surface area contributed by atoms with E-state index in [4.69, 9.17) is 0 Å². The third-order valence-electron chi connectivity index (χ3n) is 5.90. The zero-order valence-electron chi connectivity index (χ0n) is 16.9. The predicted molar refractivity (Wildman–Crippen MR) is 112 cm³/mol. The molecule has 2 heterocycles. The summed E-state index contributed by atoms with van der Waals surface area (Å²) in [4.78, 5) is 27.9. The Balaban J connectivity index is 1.44. The van der Waals surface area contributed by atoms with Crippen LogP contribution in [0.15, 0.2) is 29.4 Å². The highest BCUT2D eigenvalue weighted by Gasteiger charge is 2.45. The molecule has 3 aliphatic rings. The molecular formula is C21H25N5O2S. The fraction of sp³-hybridized carbons (Fsp3) is 0.524. The van der Waals surface area contributed by atoms with Crippen LogP contribution in [0.1, 0.15) is 64.2 Å². The number of carbonyl (C=O) groups is 2. The van der Waals surface area contributed by atoms with E-state index in [-0.39, 0.29) is 17.1 Å². The maximum absolute atomic E-state index is 13.5. The van der Waals surface area contributed by atoms with E-state index < -0.39 is 5.54 Å². The predicted octanol–water partition coefficient (Wildman–Crippen LogP) is 3.73. The van der Waals surface area contributed by atoms with Gasteiger partial charge < -0.3 is 9.88 Å². The molecule has 7 nitrogen and oxygen atoms in total. The van der Waals surface area contributed by atoms with Gasteiger partial charge in [-0.15, -0.1) is 10.2 Å². The Morgan fingerprint density at radius 1 is 1.21 bits per heavy atom. The number of hydrogen-bond acceptors (Lipinski definition) is 5. The van der Waals surface area contributed by atoms with Crippen LogP contribution in [-0.4, -0.2) is 37.4 Å². The summed E-state index contributed by atoms with van der Waals surface area (Å²) >= 11 is 1.45. The van der Waals surface area contributed by atoms with Gasteiger partial charge in [-0.2, -0.15) is 0 Å². The van der Waals surface area contributed by atoms with Crippen LogP contribution in [-0.2, 0) is 9.59 Å². The lowest BCUT2D eigenvalue weighted by atomic mass is 9.96. The van der Waals surface area contributed by atoms with Crippen LogP contribution in [0.5, 0.6) is 0 Å². The summed E-state index contributed by atoms with van der Waals surface area (Å²) in [5.41, 5.74) is 0.431. The Labute approximate surface area is 174 Å². The van der Waals surface area contributed by atoms with Gasteiger partial charge in [0.2, 0.25) is 11.8 Å². The molecule has 8 heteroatoms. The Morgan fingerprint density at radius 3 is 2.62 bits per heavy atom. The lowest BCUT2D eigenvalue weighted by Gasteiger charge is -2.43. The number of para-hydroxylation sites is 2. The Bertz CT molecular complexity index is 993. The van der Waals surface area contributed by atoms with Crippen molar-refractivity contribution in [3.63, 3.8) is 0 Å². The number of carbonyl (C=O) groups excluding carboxylic acids is 2. The van der Waals surface area contributed by atoms with Gasteiger partial charge >= 0.3 is 0 Å². The molecule has 0 unspecified atom stereocenters. The van der Waals surface area contributed by atoms with Gasteiger partial charge in [-0.1, -0.05) is 23.9 Å². The first-order valence-corrected chi connectivity index (χ1v) is 11.1. The first-order valence-electron chi connectivity index (χ1n) is 10.2. The number of amides is 2. The van der Waals surface area contributed by atoms with E-state index in [1.165, 1.54) is 24.6 Å². The molecule has 29 heavy (non-hydrogen) atoms. The molecule has 0 radical (unpaired) electrons. The number of nitrogens with one attached hydrogen (secondary N) is 1. The fourth-order valence-corrected chi connectivity index (χ4v) is 4.87. The average Bonchev–Trinajstić information content (AvgIpc) is 3.61. The van der Waals surface area contributed by atoms with Gasteiger partial charge in [0.05, 0.1) is 16.6 Å². The van der Waals surface area contributed by atoms with Crippen molar-refractivity contribution in [1.29, 1.82) is 0 Å². The number of rotatable bonds is 5. The standard InChI is InChI=1S/C21H25N5O2S/c1-12(29-20-24-23-17(13-8-9-13)25(20)14-10-11-14)18(27)26-16-7-5-4-6-15(16)22-19(28)21(26,2)3/h4-7,12-14H,8-11H2,1-3H3,(H,22,28)/t12-/m1/s1. The van der Waals surface area contributed by atoms with Crippen molar-refractivity contribution < 1.29 is 9.59 Å². The van der Waals surface area contributed by atoms with Crippen LogP contribution in [0.4, 0.5) is 11.4 Å². The highest BCUT2D eigenvalue weighted by Crippen LogP contribution is 2.47. The van der Waals surface area contributed by atoms with E-state index in [0.717, 1.165) is 29.5 Å². The molecule has 0 bridgehead atoms. The summed E-state index contributed by atoms with van der Waals surface area (Å²) in [5.74, 6) is 1.33. The molecular weight excluding hydrogens is 386 g/mol. The minimum Gasteiger partial charge on any atom is -0.322 e. The Hall–Kier alpha value is -2.35. The maximum Gasteiger partial charge on any atom is 0.250 e. The van der Waals surface area contributed by atoms with Crippen LogP contribution >= 0.6 is 11.8 Å². The second-order valence-electron chi connectivity index (χ2n) is 8.68. The van der Waals surface area contributed by atoms with E-state index in [2.05, 4.69) is 20.1 Å². The van der Waals surface area contributed by atoms with Gasteiger partial charge in [-0.3, -0.25) is 14.5 Å². The van der Waals surface area contributed by atoms with Crippen molar-refractivity contribution in [2.45, 2.75) is 74.4 Å². The highest BCUT2D eigenvalue weighted by molar-refractivity contribution is 8.00. The van der Waals surface area contributed by atoms with Crippen molar-refractivity contribution in [1.82, 2.24) is 14.8 Å². The molecule has 5 rings (SSSR count). The van der Waals surface area contributed by atoms with Crippen molar-refractivity contribution in [3.8, 4) is 0 Å². The van der Waals surface area contributed by atoms with E-state index >= 15 is 0 Å². The lowest BCUT2D eigenvalue weighted by molar-refractivity contribution is -0.126. The smallest absolute Gasteiger partial charge is 0.250 e. The number of thioether (sulfide) groups is 1. The number of fused-ring (bicyclic) bond motifs is 1. The van der Waals surface area contributed by atoms with Gasteiger partial charge in [0.25, 0.3) is 0 Å². The summed E-state index contributed by atoms with van der Waals surface area (Å²) in [7, 11) is 0. The third-order valence-corrected chi connectivity index (χ3v) is 6.95. The van der Waals surface area contributed by atoms with Gasteiger partial charge in [0, 0.05) is 12.0 Å². The summed E-state index contributed by atoms with van der Waals surface area (Å²) in [6.45, 7) is 5.46. The van der Waals surface area contributed by atoms with Gasteiger partial charge in [-0.25, -0.2) is 0 Å². The van der Waals surface area contributed by atoms with E-state index in [9.17, 15) is 9.59 Å². The van der Waals surface area contributed by atoms with Crippen LogP contribution in [0.25, 0.3) is 0 Å². The molecule has 1 atom stereocenters. The molecule has 2 aliphatic carbocycles. The summed E-state index contributed by atoms with van der Waals surface area (Å²) in [6, 6.07) is 7.92. The topological polar surface area (TPSA) is 80.1 Å². The minimum absolute atomic E-state index is 0.0966. The summed E-state index contributed by atoms with van der Waals surface area (Å²) in [5, 5.41) is 12.2. The quantitative estimate of drug-likeness (QED) is 0.758. The second kappa shape index (κ2) is 6.58. The van der Waals surface area contributed by atoms with Gasteiger partial charge in [0.15, 0.2) is 5.16 Å². The molecule has 1 aliphatic heterocycles. The first kappa shape index (κ1) is 18.7. The zero-order chi connectivity index (χ0) is 20.3. The SMILES string of the molecule is C[C@@H](Sc1nnc(C2CC2)n1C1CC1)C(=O)N1c2ccccc2NC(=O)C1(C)C. The van der Waals surface area contributed by atoms with Gasteiger partial charge in [-0.05, 0) is 58.6 Å². The lowest BCUT2D eigenvalue weighted by Crippen LogP contribution is -2.60. The largest absolute Gasteiger partial charge is 0.322 e. The van der Waals surface area contributed by atoms with E-state index in [0.29, 0.717) is 17.6 Å². The number of benzene rings is 1. The molecule has 2 saturated carbocycles. The van der Waals surface area contributed by atoms with Crippen LogP contribution in [0.3, 0.4) is 0 Å². The maximum atomic E-state index is 13.5. The molecule has 2 amide bonds. The summed E-state index contributed by atoms with van der Waals surface area (Å²) < 4.78 is 2.26. The normalized spacial score (nSPS) is 21.5. The molecule has 1 aromatic carbocycles. The van der Waals surface area contributed by atoms with Gasteiger partial charge in [0.1, 0.15) is 11.4 Å². The van der Waals surface area contributed by atoms with Crippen LogP contribution < -0.4 is 10.2 Å². The van der Waals surface area contributed by atoms with Crippen LogP contribution in [0, 0.1) is 0 Å². The van der Waals surface area contributed by atoms with E-state index in [1.807, 2.05) is 31.2 Å². The fourth-order valence-electron chi connectivity index (χ4n) is 3.90. The molecule has 0 saturated heterocycles. The van der Waals surface area contributed by atoms with Crippen molar-refractivity contribution in [2.75, 3.05) is 10.2 Å². The third kappa shape index (κ3) is 3.13. The molecule has 2 fully saturated rings.